The summed E-state index contributed by atoms with van der Waals surface area (Å²) in [6.07, 6.45) is 6.26. The summed E-state index contributed by atoms with van der Waals surface area (Å²) in [5.74, 6) is 12.7. The number of hydrogen-bond acceptors (Lipinski definition) is 5. The van der Waals surface area contributed by atoms with Gasteiger partial charge >= 0.3 is 0 Å². The summed E-state index contributed by atoms with van der Waals surface area (Å²) < 4.78 is 0. The normalized spacial score (nSPS) is 15.7. The number of aromatic nitrogens is 3. The Morgan fingerprint density at radius 3 is 1.67 bits per heavy atom. The average Bonchev–Trinajstić information content (AvgIpc) is 2.94. The summed E-state index contributed by atoms with van der Waals surface area (Å²) in [7, 11) is 0. The maximum absolute atomic E-state index is 12.2. The first-order valence-electron chi connectivity index (χ1n) is 14.5. The highest BCUT2D eigenvalue weighted by molar-refractivity contribution is 5.99. The zero-order chi connectivity index (χ0) is 30.6. The van der Waals surface area contributed by atoms with Crippen molar-refractivity contribution in [2.45, 2.75) is 60.3 Å². The van der Waals surface area contributed by atoms with Crippen LogP contribution in [0.15, 0.2) is 73.1 Å². The Labute approximate surface area is 254 Å². The predicted octanol–water partition coefficient (Wildman–Crippen LogP) is 6.98. The van der Waals surface area contributed by atoms with E-state index in [0.717, 1.165) is 52.2 Å². The van der Waals surface area contributed by atoms with Crippen molar-refractivity contribution in [1.29, 1.82) is 0 Å². The molecule has 0 amide bonds. The number of rotatable bonds is 0. The Balaban J connectivity index is 0.000000171. The number of ketones is 2. The van der Waals surface area contributed by atoms with Crippen molar-refractivity contribution in [2.24, 2.45) is 10.8 Å². The molecule has 0 unspecified atom stereocenters. The first-order valence-corrected chi connectivity index (χ1v) is 14.5. The van der Waals surface area contributed by atoms with Gasteiger partial charge in [-0.25, -0.2) is 9.97 Å². The molecular formula is C38H35N3O2. The van der Waals surface area contributed by atoms with Gasteiger partial charge in [0.1, 0.15) is 11.4 Å². The van der Waals surface area contributed by atoms with Crippen LogP contribution >= 0.6 is 0 Å². The molecule has 2 aliphatic rings. The van der Waals surface area contributed by atoms with E-state index in [0.29, 0.717) is 18.5 Å². The Morgan fingerprint density at radius 1 is 0.628 bits per heavy atom. The van der Waals surface area contributed by atoms with E-state index < -0.39 is 0 Å². The molecule has 5 heteroatoms. The van der Waals surface area contributed by atoms with Crippen LogP contribution in [0.2, 0.25) is 0 Å². The van der Waals surface area contributed by atoms with E-state index in [2.05, 4.69) is 85.4 Å². The van der Waals surface area contributed by atoms with Gasteiger partial charge in [-0.05, 0) is 96.5 Å². The van der Waals surface area contributed by atoms with Crippen LogP contribution in [0.5, 0.6) is 0 Å². The van der Waals surface area contributed by atoms with Crippen molar-refractivity contribution < 1.29 is 9.59 Å². The molecule has 4 aromatic rings. The lowest BCUT2D eigenvalue weighted by Crippen LogP contribution is -2.28. The zero-order valence-corrected chi connectivity index (χ0v) is 25.4. The minimum Gasteiger partial charge on any atom is -0.294 e. The van der Waals surface area contributed by atoms with Gasteiger partial charge in [0.2, 0.25) is 0 Å². The summed E-state index contributed by atoms with van der Waals surface area (Å²) in [5, 5.41) is 0. The minimum atomic E-state index is -0.0213. The van der Waals surface area contributed by atoms with E-state index in [1.807, 2.05) is 48.5 Å². The van der Waals surface area contributed by atoms with Gasteiger partial charge in [0, 0.05) is 47.5 Å². The molecule has 0 aliphatic heterocycles. The third-order valence-corrected chi connectivity index (χ3v) is 7.47. The summed E-state index contributed by atoms with van der Waals surface area (Å²) in [6, 6.07) is 19.3. The fourth-order valence-corrected chi connectivity index (χ4v) is 5.44. The van der Waals surface area contributed by atoms with Crippen LogP contribution in [0.25, 0.3) is 0 Å². The second-order valence-electron chi connectivity index (χ2n) is 12.9. The van der Waals surface area contributed by atoms with Gasteiger partial charge in [-0.3, -0.25) is 14.6 Å². The molecule has 0 saturated heterocycles. The predicted molar refractivity (Wildman–Crippen MR) is 169 cm³/mol. The molecule has 0 N–H and O–H groups in total. The fourth-order valence-electron chi connectivity index (χ4n) is 5.44. The number of Topliss-reactive ketones (excluding diaryl/α,β-unsaturated/α-hetero) is 2. The second kappa shape index (κ2) is 12.2. The molecule has 6 rings (SSSR count). The van der Waals surface area contributed by atoms with Crippen molar-refractivity contribution in [3.63, 3.8) is 0 Å². The smallest absolute Gasteiger partial charge is 0.165 e. The lowest BCUT2D eigenvalue weighted by molar-refractivity contribution is 0.0900. The number of pyridine rings is 3. The van der Waals surface area contributed by atoms with Crippen molar-refractivity contribution in [1.82, 2.24) is 15.0 Å². The van der Waals surface area contributed by atoms with Crippen molar-refractivity contribution in [3.8, 4) is 23.7 Å². The van der Waals surface area contributed by atoms with Crippen LogP contribution in [0.4, 0.5) is 0 Å². The summed E-state index contributed by atoms with van der Waals surface area (Å²) in [4.78, 5) is 37.5. The standard InChI is InChI=1S/C20H19NO.C18H16N2O/c1-14-5-4-6-15(11-14)7-8-16-9-10-17-18(21-16)12-20(2,3)13-19(17)22;1-18(2)10-16-15(17(21)11-18)8-7-14(20-16)6-5-13-4-3-9-19-12-13/h4-6,9-11H,12-13H2,1-3H3;3-4,7-9,12H,10-11H2,1-2H3. The summed E-state index contributed by atoms with van der Waals surface area (Å²) in [6.45, 7) is 10.5. The number of carbonyl (C=O) groups excluding carboxylic acids is 2. The third kappa shape index (κ3) is 7.70. The topological polar surface area (TPSA) is 72.8 Å². The van der Waals surface area contributed by atoms with Crippen LogP contribution in [0.3, 0.4) is 0 Å². The molecule has 2 aliphatic carbocycles. The Hall–Kier alpha value is -4.87. The Bertz CT molecular complexity index is 1830. The molecule has 0 spiro atoms. The average molecular weight is 566 g/mol. The molecule has 0 saturated carbocycles. The molecule has 0 atom stereocenters. The molecule has 0 radical (unpaired) electrons. The molecular weight excluding hydrogens is 530 g/mol. The second-order valence-corrected chi connectivity index (χ2v) is 12.9. The van der Waals surface area contributed by atoms with Crippen molar-refractivity contribution in [2.75, 3.05) is 0 Å². The number of fused-ring (bicyclic) bond motifs is 2. The third-order valence-electron chi connectivity index (χ3n) is 7.47. The van der Waals surface area contributed by atoms with Gasteiger partial charge < -0.3 is 0 Å². The highest BCUT2D eigenvalue weighted by atomic mass is 16.1. The molecule has 0 bridgehead atoms. The molecule has 43 heavy (non-hydrogen) atoms. The van der Waals surface area contributed by atoms with E-state index in [-0.39, 0.29) is 22.4 Å². The SMILES string of the molecule is CC1(C)CC(=O)c2ccc(C#Cc3cccnc3)nc2C1.Cc1cccc(C#Cc2ccc3c(n2)CC(C)(C)CC3=O)c1. The summed E-state index contributed by atoms with van der Waals surface area (Å²) >= 11 is 0. The number of nitrogens with zero attached hydrogens (tertiary/aromatic N) is 3. The van der Waals surface area contributed by atoms with E-state index >= 15 is 0 Å². The maximum atomic E-state index is 12.2. The zero-order valence-electron chi connectivity index (χ0n) is 25.4. The quantitative estimate of drug-likeness (QED) is 0.215. The molecule has 5 nitrogen and oxygen atoms in total. The number of aryl methyl sites for hydroxylation is 1. The molecule has 0 fully saturated rings. The lowest BCUT2D eigenvalue weighted by Gasteiger charge is -2.29. The van der Waals surface area contributed by atoms with Gasteiger partial charge in [0.05, 0.1) is 11.4 Å². The van der Waals surface area contributed by atoms with Crippen LogP contribution < -0.4 is 0 Å². The van der Waals surface area contributed by atoms with Gasteiger partial charge in [-0.15, -0.1) is 0 Å². The van der Waals surface area contributed by atoms with Gasteiger partial charge in [0.25, 0.3) is 0 Å². The monoisotopic (exact) mass is 565 g/mol. The Morgan fingerprint density at radius 2 is 1.16 bits per heavy atom. The Kier molecular flexibility index (Phi) is 8.38. The molecule has 3 heterocycles. The van der Waals surface area contributed by atoms with E-state index in [1.165, 1.54) is 5.56 Å². The van der Waals surface area contributed by atoms with E-state index in [4.69, 9.17) is 0 Å². The van der Waals surface area contributed by atoms with Crippen LogP contribution in [-0.2, 0) is 12.8 Å². The van der Waals surface area contributed by atoms with Crippen molar-refractivity contribution in [3.05, 3.63) is 124 Å². The molecule has 214 valence electrons. The number of benzene rings is 1. The summed E-state index contributed by atoms with van der Waals surface area (Å²) in [5.41, 5.74) is 7.69. The van der Waals surface area contributed by atoms with Crippen LogP contribution in [0.1, 0.15) is 101 Å². The largest absolute Gasteiger partial charge is 0.294 e. The van der Waals surface area contributed by atoms with Gasteiger partial charge in [-0.1, -0.05) is 51.7 Å². The lowest BCUT2D eigenvalue weighted by atomic mass is 9.75. The number of carbonyl (C=O) groups is 2. The van der Waals surface area contributed by atoms with Crippen molar-refractivity contribution >= 4 is 11.6 Å². The van der Waals surface area contributed by atoms with E-state index in [9.17, 15) is 9.59 Å². The highest BCUT2D eigenvalue weighted by Gasteiger charge is 2.32. The van der Waals surface area contributed by atoms with Crippen LogP contribution in [0, 0.1) is 41.4 Å². The number of hydrogen-bond donors (Lipinski definition) is 0. The minimum absolute atomic E-state index is 0.0142. The van der Waals surface area contributed by atoms with Crippen LogP contribution in [-0.4, -0.2) is 26.5 Å². The molecule has 3 aromatic heterocycles. The first kappa shape index (κ1) is 29.6. The van der Waals surface area contributed by atoms with Gasteiger partial charge in [-0.2, -0.15) is 0 Å². The van der Waals surface area contributed by atoms with Gasteiger partial charge in [0.15, 0.2) is 11.6 Å². The van der Waals surface area contributed by atoms with E-state index in [1.54, 1.807) is 12.4 Å². The maximum Gasteiger partial charge on any atom is 0.165 e. The molecule has 1 aromatic carbocycles. The first-order chi connectivity index (χ1) is 20.5. The fraction of sp³-hybridized carbons (Fsp3) is 0.289. The highest BCUT2D eigenvalue weighted by Crippen LogP contribution is 2.34.